The summed E-state index contributed by atoms with van der Waals surface area (Å²) in [6, 6.07) is 5.91. The van der Waals surface area contributed by atoms with E-state index >= 15 is 0 Å². The second kappa shape index (κ2) is 6.19. The fraction of sp³-hybridized carbons (Fsp3) is 0.600. The minimum absolute atomic E-state index is 0.0866. The summed E-state index contributed by atoms with van der Waals surface area (Å²) in [7, 11) is 1.90. The average molecular weight is 250 g/mol. The highest BCUT2D eigenvalue weighted by Crippen LogP contribution is 2.32. The van der Waals surface area contributed by atoms with Crippen molar-refractivity contribution < 1.29 is 4.39 Å². The Morgan fingerprint density at radius 2 is 2.06 bits per heavy atom. The summed E-state index contributed by atoms with van der Waals surface area (Å²) < 4.78 is 14.2. The van der Waals surface area contributed by atoms with Crippen molar-refractivity contribution in [3.63, 3.8) is 0 Å². The molecule has 100 valence electrons. The van der Waals surface area contributed by atoms with E-state index in [1.165, 1.54) is 25.7 Å². The highest BCUT2D eigenvalue weighted by atomic mass is 19.1. The molecule has 0 aliphatic heterocycles. The van der Waals surface area contributed by atoms with E-state index in [9.17, 15) is 4.39 Å². The van der Waals surface area contributed by atoms with Crippen LogP contribution < -0.4 is 10.2 Å². The van der Waals surface area contributed by atoms with E-state index in [2.05, 4.69) is 17.1 Å². The van der Waals surface area contributed by atoms with Crippen LogP contribution in [0.2, 0.25) is 0 Å². The molecule has 1 aromatic carbocycles. The van der Waals surface area contributed by atoms with Crippen LogP contribution >= 0.6 is 0 Å². The van der Waals surface area contributed by atoms with Crippen molar-refractivity contribution in [2.75, 3.05) is 18.5 Å². The zero-order valence-corrected chi connectivity index (χ0v) is 11.4. The van der Waals surface area contributed by atoms with Gasteiger partial charge in [0, 0.05) is 19.1 Å². The van der Waals surface area contributed by atoms with Crippen molar-refractivity contribution in [2.45, 2.75) is 45.2 Å². The third kappa shape index (κ3) is 2.66. The highest BCUT2D eigenvalue weighted by Gasteiger charge is 2.25. The maximum atomic E-state index is 14.2. The van der Waals surface area contributed by atoms with Gasteiger partial charge < -0.3 is 10.2 Å². The summed E-state index contributed by atoms with van der Waals surface area (Å²) in [6.45, 7) is 3.71. The van der Waals surface area contributed by atoms with E-state index in [0.717, 1.165) is 24.3 Å². The highest BCUT2D eigenvalue weighted by molar-refractivity contribution is 5.55. The van der Waals surface area contributed by atoms with Gasteiger partial charge in [-0.05, 0) is 38.4 Å². The van der Waals surface area contributed by atoms with Gasteiger partial charge in [0.25, 0.3) is 0 Å². The van der Waals surface area contributed by atoms with Gasteiger partial charge in [0.1, 0.15) is 5.82 Å². The molecule has 0 bridgehead atoms. The molecule has 0 saturated heterocycles. The summed E-state index contributed by atoms with van der Waals surface area (Å²) >= 11 is 0. The number of hydrogen-bond donors (Lipinski definition) is 1. The molecule has 0 spiro atoms. The number of rotatable bonds is 5. The fourth-order valence-corrected chi connectivity index (χ4v) is 3.03. The average Bonchev–Trinajstić information content (AvgIpc) is 2.87. The Kier molecular flexibility index (Phi) is 4.59. The molecule has 3 heteroatoms. The Morgan fingerprint density at radius 3 is 2.67 bits per heavy atom. The molecule has 2 rings (SSSR count). The van der Waals surface area contributed by atoms with E-state index in [0.29, 0.717) is 6.04 Å². The van der Waals surface area contributed by atoms with Gasteiger partial charge in [-0.3, -0.25) is 0 Å². The van der Waals surface area contributed by atoms with Gasteiger partial charge in [-0.1, -0.05) is 25.0 Å². The normalized spacial score (nSPS) is 16.2. The van der Waals surface area contributed by atoms with Crippen molar-refractivity contribution in [3.05, 3.63) is 29.6 Å². The number of anilines is 1. The van der Waals surface area contributed by atoms with Crippen LogP contribution in [-0.2, 0) is 6.54 Å². The molecule has 1 aromatic rings. The molecule has 1 aliphatic rings. The minimum atomic E-state index is -0.0866. The number of para-hydroxylation sites is 1. The van der Waals surface area contributed by atoms with Crippen LogP contribution in [0, 0.1) is 5.82 Å². The van der Waals surface area contributed by atoms with Crippen molar-refractivity contribution in [2.24, 2.45) is 0 Å². The van der Waals surface area contributed by atoms with Crippen molar-refractivity contribution in [3.8, 4) is 0 Å². The van der Waals surface area contributed by atoms with Gasteiger partial charge in [0.2, 0.25) is 0 Å². The van der Waals surface area contributed by atoms with Gasteiger partial charge in [-0.25, -0.2) is 4.39 Å². The van der Waals surface area contributed by atoms with Gasteiger partial charge in [0.05, 0.1) is 5.69 Å². The SMILES string of the molecule is CCN(c1c(F)cccc1CNC)C1CCCC1. The molecule has 1 fully saturated rings. The van der Waals surface area contributed by atoms with Crippen LogP contribution in [0.4, 0.5) is 10.1 Å². The zero-order valence-electron chi connectivity index (χ0n) is 11.4. The Morgan fingerprint density at radius 1 is 1.33 bits per heavy atom. The van der Waals surface area contributed by atoms with Crippen molar-refractivity contribution in [1.82, 2.24) is 5.32 Å². The molecule has 1 aliphatic carbocycles. The Bertz CT molecular complexity index is 386. The Balaban J connectivity index is 2.33. The summed E-state index contributed by atoms with van der Waals surface area (Å²) in [5.41, 5.74) is 1.87. The predicted molar refractivity (Wildman–Crippen MR) is 74.4 cm³/mol. The molecule has 0 atom stereocenters. The second-order valence-electron chi connectivity index (χ2n) is 5.00. The number of nitrogens with zero attached hydrogens (tertiary/aromatic N) is 1. The van der Waals surface area contributed by atoms with Crippen LogP contribution in [0.5, 0.6) is 0 Å². The van der Waals surface area contributed by atoms with Crippen molar-refractivity contribution >= 4 is 5.69 Å². The third-order valence-electron chi connectivity index (χ3n) is 3.83. The number of nitrogens with one attached hydrogen (secondary N) is 1. The molecule has 0 radical (unpaired) electrons. The number of halogens is 1. The van der Waals surface area contributed by atoms with Gasteiger partial charge >= 0.3 is 0 Å². The van der Waals surface area contributed by atoms with Gasteiger partial charge in [-0.15, -0.1) is 0 Å². The van der Waals surface area contributed by atoms with E-state index < -0.39 is 0 Å². The monoisotopic (exact) mass is 250 g/mol. The molecule has 0 amide bonds. The van der Waals surface area contributed by atoms with Crippen molar-refractivity contribution in [1.29, 1.82) is 0 Å². The van der Waals surface area contributed by atoms with Crippen LogP contribution in [0.3, 0.4) is 0 Å². The first-order chi connectivity index (χ1) is 8.77. The largest absolute Gasteiger partial charge is 0.366 e. The maximum absolute atomic E-state index is 14.2. The zero-order chi connectivity index (χ0) is 13.0. The maximum Gasteiger partial charge on any atom is 0.146 e. The Hall–Kier alpha value is -1.09. The van der Waals surface area contributed by atoms with Gasteiger partial charge in [-0.2, -0.15) is 0 Å². The molecular weight excluding hydrogens is 227 g/mol. The summed E-state index contributed by atoms with van der Waals surface area (Å²) in [4.78, 5) is 2.26. The molecule has 0 aromatic heterocycles. The lowest BCUT2D eigenvalue weighted by molar-refractivity contribution is 0.573. The standard InChI is InChI=1S/C15H23FN2/c1-3-18(13-8-4-5-9-13)15-12(11-17-2)7-6-10-14(15)16/h6-7,10,13,17H,3-5,8-9,11H2,1-2H3. The first-order valence-electron chi connectivity index (χ1n) is 6.96. The molecular formula is C15H23FN2. The first-order valence-corrected chi connectivity index (χ1v) is 6.96. The second-order valence-corrected chi connectivity index (χ2v) is 5.00. The first kappa shape index (κ1) is 13.3. The van der Waals surface area contributed by atoms with Crippen LogP contribution in [-0.4, -0.2) is 19.6 Å². The summed E-state index contributed by atoms with van der Waals surface area (Å²) in [5.74, 6) is -0.0866. The van der Waals surface area contributed by atoms with Crippen LogP contribution in [0.25, 0.3) is 0 Å². The predicted octanol–water partition coefficient (Wildman–Crippen LogP) is 3.31. The lowest BCUT2D eigenvalue weighted by atomic mass is 10.1. The minimum Gasteiger partial charge on any atom is -0.366 e. The molecule has 0 heterocycles. The Labute approximate surface area is 109 Å². The van der Waals surface area contributed by atoms with Crippen LogP contribution in [0.15, 0.2) is 18.2 Å². The number of benzene rings is 1. The quantitative estimate of drug-likeness (QED) is 0.862. The lowest BCUT2D eigenvalue weighted by Crippen LogP contribution is -2.34. The molecule has 0 unspecified atom stereocenters. The molecule has 1 saturated carbocycles. The summed E-state index contributed by atoms with van der Waals surface area (Å²) in [6.07, 6.45) is 4.94. The molecule has 2 nitrogen and oxygen atoms in total. The fourth-order valence-electron chi connectivity index (χ4n) is 3.03. The molecule has 18 heavy (non-hydrogen) atoms. The van der Waals surface area contributed by atoms with Crippen LogP contribution in [0.1, 0.15) is 38.2 Å². The van der Waals surface area contributed by atoms with E-state index in [1.807, 2.05) is 13.1 Å². The third-order valence-corrected chi connectivity index (χ3v) is 3.83. The van der Waals surface area contributed by atoms with E-state index in [-0.39, 0.29) is 5.82 Å². The summed E-state index contributed by atoms with van der Waals surface area (Å²) in [5, 5.41) is 3.13. The molecule has 1 N–H and O–H groups in total. The van der Waals surface area contributed by atoms with E-state index in [1.54, 1.807) is 12.1 Å². The lowest BCUT2D eigenvalue weighted by Gasteiger charge is -2.32. The number of hydrogen-bond acceptors (Lipinski definition) is 2. The van der Waals surface area contributed by atoms with Gasteiger partial charge in [0.15, 0.2) is 0 Å². The smallest absolute Gasteiger partial charge is 0.146 e. The van der Waals surface area contributed by atoms with E-state index in [4.69, 9.17) is 0 Å². The topological polar surface area (TPSA) is 15.3 Å².